The Morgan fingerprint density at radius 2 is 1.78 bits per heavy atom. The molecule has 3 aromatic carbocycles. The summed E-state index contributed by atoms with van der Waals surface area (Å²) < 4.78 is 22.0. The third kappa shape index (κ3) is 9.18. The van der Waals surface area contributed by atoms with Gasteiger partial charge in [-0.1, -0.05) is 36.4 Å². The number of piperidine rings is 1. The Morgan fingerprint density at radius 3 is 2.47 bits per heavy atom. The van der Waals surface area contributed by atoms with Crippen molar-refractivity contribution in [1.29, 1.82) is 0 Å². The van der Waals surface area contributed by atoms with Gasteiger partial charge in [0.15, 0.2) is 13.2 Å². The SMILES string of the molecule is CCN(C(=O)[C@H]1CN(C(=O)OC(C)(C)C)CC[C@@H]1c1cccc(-c2ccc(OCC(=O)O)cc2)c1)c1ccc2c(c1)N(CCCOC)C(=O)CO2. The molecule has 2 aliphatic rings. The fraction of sp³-hybridized carbons (Fsp3) is 0.436. The number of carboxylic acids is 1. The van der Waals surface area contributed by atoms with Gasteiger partial charge in [0.1, 0.15) is 17.1 Å². The minimum atomic E-state index is -1.05. The van der Waals surface area contributed by atoms with Crippen LogP contribution < -0.4 is 19.3 Å². The Hall–Kier alpha value is -5.10. The third-order valence-corrected chi connectivity index (χ3v) is 8.96. The van der Waals surface area contributed by atoms with Crippen molar-refractivity contribution in [3.63, 3.8) is 0 Å². The van der Waals surface area contributed by atoms with E-state index in [4.69, 9.17) is 24.1 Å². The molecule has 2 heterocycles. The molecule has 0 aromatic heterocycles. The van der Waals surface area contributed by atoms with E-state index < -0.39 is 30.2 Å². The Labute approximate surface area is 298 Å². The van der Waals surface area contributed by atoms with E-state index in [1.165, 1.54) is 0 Å². The molecule has 1 N–H and O–H groups in total. The lowest BCUT2D eigenvalue weighted by Crippen LogP contribution is -2.51. The average Bonchev–Trinajstić information content (AvgIpc) is 3.11. The summed E-state index contributed by atoms with van der Waals surface area (Å²) in [5.41, 5.74) is 3.34. The minimum Gasteiger partial charge on any atom is -0.482 e. The first kappa shape index (κ1) is 37.2. The standard InChI is InChI=1S/C39H47N3O9/c1-6-41(29-13-16-34-33(22-29)42(18-8-20-48-5)35(43)24-50-34)37(46)32-23-40(38(47)51-39(2,3)4)19-17-31(32)28-10-7-9-27(21-28)26-11-14-30(15-12-26)49-25-36(44)45/h7,9-16,21-22,31-32H,6,8,17-20,23-25H2,1-5H3,(H,44,45)/t31-,32+/m1/s1. The summed E-state index contributed by atoms with van der Waals surface area (Å²) >= 11 is 0. The number of fused-ring (bicyclic) bond motifs is 1. The van der Waals surface area contributed by atoms with Crippen molar-refractivity contribution in [3.8, 4) is 22.6 Å². The van der Waals surface area contributed by atoms with Gasteiger partial charge in [-0.05, 0) is 93.5 Å². The summed E-state index contributed by atoms with van der Waals surface area (Å²) in [6.45, 7) is 8.79. The van der Waals surface area contributed by atoms with Crippen LogP contribution in [0.3, 0.4) is 0 Å². The van der Waals surface area contributed by atoms with E-state index in [9.17, 15) is 19.2 Å². The molecule has 2 atom stereocenters. The van der Waals surface area contributed by atoms with Crippen LogP contribution in [0.25, 0.3) is 11.1 Å². The fourth-order valence-electron chi connectivity index (χ4n) is 6.57. The van der Waals surface area contributed by atoms with Crippen LogP contribution in [0.2, 0.25) is 0 Å². The number of likely N-dealkylation sites (tertiary alicyclic amines) is 1. The van der Waals surface area contributed by atoms with Gasteiger partial charge in [-0.3, -0.25) is 9.59 Å². The third-order valence-electron chi connectivity index (χ3n) is 8.96. The van der Waals surface area contributed by atoms with Crippen molar-refractivity contribution in [1.82, 2.24) is 4.90 Å². The van der Waals surface area contributed by atoms with Crippen LogP contribution in [0.4, 0.5) is 16.2 Å². The van der Waals surface area contributed by atoms with Crippen LogP contribution >= 0.6 is 0 Å². The second-order valence-corrected chi connectivity index (χ2v) is 13.7. The zero-order valence-electron chi connectivity index (χ0n) is 29.9. The molecule has 51 heavy (non-hydrogen) atoms. The molecule has 12 heteroatoms. The molecule has 0 saturated carbocycles. The highest BCUT2D eigenvalue weighted by molar-refractivity contribution is 6.01. The van der Waals surface area contributed by atoms with E-state index >= 15 is 0 Å². The highest BCUT2D eigenvalue weighted by atomic mass is 16.6. The van der Waals surface area contributed by atoms with E-state index in [-0.39, 0.29) is 30.9 Å². The van der Waals surface area contributed by atoms with Gasteiger partial charge in [-0.25, -0.2) is 9.59 Å². The predicted octanol–water partition coefficient (Wildman–Crippen LogP) is 5.97. The molecule has 0 aliphatic carbocycles. The summed E-state index contributed by atoms with van der Waals surface area (Å²) in [5, 5.41) is 8.93. The molecular formula is C39H47N3O9. The van der Waals surface area contributed by atoms with Gasteiger partial charge in [0, 0.05) is 45.6 Å². The largest absolute Gasteiger partial charge is 0.482 e. The van der Waals surface area contributed by atoms with Crippen LogP contribution in [0.5, 0.6) is 11.5 Å². The van der Waals surface area contributed by atoms with Crippen molar-refractivity contribution in [3.05, 3.63) is 72.3 Å². The second-order valence-electron chi connectivity index (χ2n) is 13.7. The number of ether oxygens (including phenoxy) is 4. The van der Waals surface area contributed by atoms with Crippen LogP contribution in [0, 0.1) is 5.92 Å². The molecule has 1 saturated heterocycles. The van der Waals surface area contributed by atoms with Crippen LogP contribution in [0.15, 0.2) is 66.7 Å². The molecule has 3 amide bonds. The molecule has 272 valence electrons. The first-order chi connectivity index (χ1) is 24.4. The number of carbonyl (C=O) groups is 4. The zero-order valence-corrected chi connectivity index (χ0v) is 29.9. The maximum Gasteiger partial charge on any atom is 0.410 e. The molecule has 12 nitrogen and oxygen atoms in total. The van der Waals surface area contributed by atoms with Gasteiger partial charge < -0.3 is 38.8 Å². The molecule has 2 aliphatic heterocycles. The van der Waals surface area contributed by atoms with E-state index in [0.717, 1.165) is 16.7 Å². The molecule has 3 aromatic rings. The summed E-state index contributed by atoms with van der Waals surface area (Å²) in [5.74, 6) is -1.14. The number of carboxylic acid groups (broad SMARTS) is 1. The highest BCUT2D eigenvalue weighted by Gasteiger charge is 2.40. The maximum absolute atomic E-state index is 14.8. The van der Waals surface area contributed by atoms with Gasteiger partial charge in [0.25, 0.3) is 5.91 Å². The number of methoxy groups -OCH3 is 1. The number of benzene rings is 3. The second kappa shape index (κ2) is 16.3. The van der Waals surface area contributed by atoms with Gasteiger partial charge in [0.2, 0.25) is 5.91 Å². The predicted molar refractivity (Wildman–Crippen MR) is 192 cm³/mol. The van der Waals surface area contributed by atoms with Crippen molar-refractivity contribution >= 4 is 35.3 Å². The number of hydrogen-bond donors (Lipinski definition) is 1. The molecule has 5 rings (SSSR count). The Bertz CT molecular complexity index is 1720. The van der Waals surface area contributed by atoms with E-state index in [2.05, 4.69) is 6.07 Å². The number of carbonyl (C=O) groups excluding carboxylic acids is 3. The van der Waals surface area contributed by atoms with Crippen LogP contribution in [0.1, 0.15) is 52.0 Å². The topological polar surface area (TPSA) is 135 Å². The number of aliphatic carboxylic acids is 1. The van der Waals surface area contributed by atoms with E-state index in [1.807, 2.05) is 70.2 Å². The van der Waals surface area contributed by atoms with Crippen LogP contribution in [-0.2, 0) is 23.9 Å². The monoisotopic (exact) mass is 701 g/mol. The summed E-state index contributed by atoms with van der Waals surface area (Å²) in [6.07, 6.45) is 0.726. The number of nitrogens with zero attached hydrogens (tertiary/aromatic N) is 3. The summed E-state index contributed by atoms with van der Waals surface area (Å²) in [6, 6.07) is 20.7. The van der Waals surface area contributed by atoms with Gasteiger partial charge in [-0.15, -0.1) is 0 Å². The molecule has 1 fully saturated rings. The van der Waals surface area contributed by atoms with Crippen molar-refractivity contribution < 1.29 is 43.2 Å². The molecule has 0 unspecified atom stereocenters. The van der Waals surface area contributed by atoms with Gasteiger partial charge in [-0.2, -0.15) is 0 Å². The Balaban J connectivity index is 1.46. The minimum absolute atomic E-state index is 0.0539. The number of amides is 3. The Kier molecular flexibility index (Phi) is 11.9. The first-order valence-corrected chi connectivity index (χ1v) is 17.3. The Morgan fingerprint density at radius 1 is 1.02 bits per heavy atom. The number of rotatable bonds is 12. The quantitative estimate of drug-likeness (QED) is 0.227. The lowest BCUT2D eigenvalue weighted by Gasteiger charge is -2.40. The lowest BCUT2D eigenvalue weighted by molar-refractivity contribution is -0.139. The fourth-order valence-corrected chi connectivity index (χ4v) is 6.57. The average molecular weight is 702 g/mol. The normalized spacial score (nSPS) is 17.3. The van der Waals surface area contributed by atoms with Crippen molar-refractivity contribution in [2.45, 2.75) is 52.1 Å². The molecule has 0 bridgehead atoms. The van der Waals surface area contributed by atoms with Crippen molar-refractivity contribution in [2.75, 3.05) is 62.9 Å². The van der Waals surface area contributed by atoms with Crippen LogP contribution in [-0.4, -0.2) is 92.6 Å². The van der Waals surface area contributed by atoms with E-state index in [1.54, 1.807) is 40.0 Å². The van der Waals surface area contributed by atoms with E-state index in [0.29, 0.717) is 62.0 Å². The smallest absolute Gasteiger partial charge is 0.410 e. The summed E-state index contributed by atoms with van der Waals surface area (Å²) in [4.78, 5) is 56.9. The van der Waals surface area contributed by atoms with Gasteiger partial charge in [0.05, 0.1) is 11.6 Å². The number of hydrogen-bond acceptors (Lipinski definition) is 8. The molecule has 0 radical (unpaired) electrons. The summed E-state index contributed by atoms with van der Waals surface area (Å²) in [7, 11) is 1.62. The maximum atomic E-state index is 14.8. The van der Waals surface area contributed by atoms with Gasteiger partial charge >= 0.3 is 12.1 Å². The highest BCUT2D eigenvalue weighted by Crippen LogP contribution is 2.40. The van der Waals surface area contributed by atoms with Crippen molar-refractivity contribution in [2.24, 2.45) is 5.92 Å². The molecular weight excluding hydrogens is 654 g/mol. The molecule has 0 spiro atoms. The first-order valence-electron chi connectivity index (χ1n) is 17.3. The zero-order chi connectivity index (χ0) is 36.7. The lowest BCUT2D eigenvalue weighted by atomic mass is 9.79. The number of anilines is 2.